The second-order valence-electron chi connectivity index (χ2n) is 4.56. The van der Waals surface area contributed by atoms with Crippen LogP contribution in [0, 0.1) is 11.8 Å². The van der Waals surface area contributed by atoms with Gasteiger partial charge in [0.15, 0.2) is 5.03 Å². The van der Waals surface area contributed by atoms with Gasteiger partial charge in [-0.25, -0.2) is 13.1 Å². The quantitative estimate of drug-likeness (QED) is 0.835. The summed E-state index contributed by atoms with van der Waals surface area (Å²) < 4.78 is 26.6. The average Bonchev–Trinajstić information content (AvgIpc) is 2.83. The van der Waals surface area contributed by atoms with E-state index in [2.05, 4.69) is 28.8 Å². The van der Waals surface area contributed by atoms with Crippen molar-refractivity contribution in [1.82, 2.24) is 14.9 Å². The molecule has 90 valence electrons. The van der Waals surface area contributed by atoms with E-state index in [9.17, 15) is 8.42 Å². The van der Waals surface area contributed by atoms with Crippen molar-refractivity contribution in [2.24, 2.45) is 11.8 Å². The molecule has 6 heteroatoms. The van der Waals surface area contributed by atoms with Crippen LogP contribution in [-0.2, 0) is 10.0 Å². The van der Waals surface area contributed by atoms with Gasteiger partial charge in [0.05, 0.1) is 6.20 Å². The zero-order valence-electron chi connectivity index (χ0n) is 9.47. The molecule has 0 radical (unpaired) electrons. The number of aromatic amines is 1. The summed E-state index contributed by atoms with van der Waals surface area (Å²) in [6.45, 7) is 4.26. The van der Waals surface area contributed by atoms with Crippen molar-refractivity contribution in [3.8, 4) is 0 Å². The van der Waals surface area contributed by atoms with Crippen LogP contribution in [0.2, 0.25) is 0 Å². The highest BCUT2D eigenvalue weighted by molar-refractivity contribution is 7.89. The van der Waals surface area contributed by atoms with Gasteiger partial charge in [0.25, 0.3) is 10.0 Å². The Labute approximate surface area is 95.7 Å². The molecule has 1 saturated carbocycles. The van der Waals surface area contributed by atoms with Gasteiger partial charge >= 0.3 is 0 Å². The first kappa shape index (κ1) is 11.6. The summed E-state index contributed by atoms with van der Waals surface area (Å²) in [5.74, 6) is 0.965. The molecule has 0 amide bonds. The smallest absolute Gasteiger partial charge is 0.257 e. The molecular formula is C10H17N3O2S. The number of hydrogen-bond acceptors (Lipinski definition) is 3. The fourth-order valence-electron chi connectivity index (χ4n) is 2.19. The third kappa shape index (κ3) is 2.12. The Morgan fingerprint density at radius 3 is 2.69 bits per heavy atom. The van der Waals surface area contributed by atoms with Crippen molar-refractivity contribution in [2.45, 2.75) is 37.8 Å². The van der Waals surface area contributed by atoms with Crippen molar-refractivity contribution in [3.63, 3.8) is 0 Å². The van der Waals surface area contributed by atoms with Crippen LogP contribution in [0.1, 0.15) is 26.7 Å². The Bertz CT molecular complexity index is 441. The van der Waals surface area contributed by atoms with Crippen molar-refractivity contribution < 1.29 is 8.42 Å². The van der Waals surface area contributed by atoms with E-state index in [0.29, 0.717) is 11.8 Å². The van der Waals surface area contributed by atoms with Gasteiger partial charge in [0, 0.05) is 6.04 Å². The van der Waals surface area contributed by atoms with Crippen molar-refractivity contribution in [3.05, 3.63) is 12.3 Å². The Kier molecular flexibility index (Phi) is 3.03. The summed E-state index contributed by atoms with van der Waals surface area (Å²) in [5, 5.41) is 6.27. The summed E-state index contributed by atoms with van der Waals surface area (Å²) in [4.78, 5) is 0. The molecule has 1 aromatic heterocycles. The van der Waals surface area contributed by atoms with E-state index in [1.807, 2.05) is 0 Å². The van der Waals surface area contributed by atoms with E-state index < -0.39 is 10.0 Å². The molecule has 1 aliphatic rings. The monoisotopic (exact) mass is 243 g/mol. The van der Waals surface area contributed by atoms with Gasteiger partial charge in [-0.3, -0.25) is 5.10 Å². The summed E-state index contributed by atoms with van der Waals surface area (Å²) in [6.07, 6.45) is 3.43. The molecule has 0 bridgehead atoms. The minimum atomic E-state index is -3.42. The molecule has 3 unspecified atom stereocenters. The topological polar surface area (TPSA) is 74.8 Å². The van der Waals surface area contributed by atoms with E-state index in [4.69, 9.17) is 0 Å². The van der Waals surface area contributed by atoms with Crippen LogP contribution in [0.3, 0.4) is 0 Å². The van der Waals surface area contributed by atoms with Gasteiger partial charge in [-0.1, -0.05) is 13.8 Å². The molecule has 2 N–H and O–H groups in total. The molecule has 3 atom stereocenters. The van der Waals surface area contributed by atoms with E-state index in [-0.39, 0.29) is 11.1 Å². The van der Waals surface area contributed by atoms with Crippen LogP contribution in [0.15, 0.2) is 17.3 Å². The number of hydrogen-bond donors (Lipinski definition) is 2. The standard InChI is InChI=1S/C10H17N3O2S/c1-7-3-4-9(8(7)2)13-16(14,15)10-5-6-11-12-10/h5-9,13H,3-4H2,1-2H3,(H,11,12). The third-order valence-corrected chi connectivity index (χ3v) is 4.96. The lowest BCUT2D eigenvalue weighted by Gasteiger charge is -2.18. The second kappa shape index (κ2) is 4.18. The first-order chi connectivity index (χ1) is 7.50. The normalized spacial score (nSPS) is 30.8. The summed E-state index contributed by atoms with van der Waals surface area (Å²) in [7, 11) is -3.42. The SMILES string of the molecule is CC1CCC(NS(=O)(=O)c2ccn[nH]2)C1C. The number of H-pyrrole nitrogens is 1. The molecular weight excluding hydrogens is 226 g/mol. The van der Waals surface area contributed by atoms with Crippen LogP contribution in [0.4, 0.5) is 0 Å². The maximum absolute atomic E-state index is 11.9. The van der Waals surface area contributed by atoms with Crippen LogP contribution < -0.4 is 4.72 Å². The molecule has 1 fully saturated rings. The Morgan fingerprint density at radius 2 is 2.19 bits per heavy atom. The second-order valence-corrected chi connectivity index (χ2v) is 6.24. The zero-order chi connectivity index (χ0) is 11.8. The lowest BCUT2D eigenvalue weighted by Crippen LogP contribution is -2.37. The van der Waals surface area contributed by atoms with Gasteiger partial charge in [-0.2, -0.15) is 5.10 Å². The Morgan fingerprint density at radius 1 is 1.44 bits per heavy atom. The highest BCUT2D eigenvalue weighted by Crippen LogP contribution is 2.31. The zero-order valence-corrected chi connectivity index (χ0v) is 10.3. The molecule has 2 rings (SSSR count). The van der Waals surface area contributed by atoms with Crippen LogP contribution in [0.25, 0.3) is 0 Å². The van der Waals surface area contributed by atoms with E-state index >= 15 is 0 Å². The predicted molar refractivity (Wildman–Crippen MR) is 60.3 cm³/mol. The minimum Gasteiger partial charge on any atom is -0.266 e. The van der Waals surface area contributed by atoms with Gasteiger partial charge in [0.2, 0.25) is 0 Å². The van der Waals surface area contributed by atoms with Crippen LogP contribution in [0.5, 0.6) is 0 Å². The minimum absolute atomic E-state index is 0.0447. The van der Waals surface area contributed by atoms with Gasteiger partial charge in [0.1, 0.15) is 0 Å². The number of aromatic nitrogens is 2. The number of rotatable bonds is 3. The molecule has 0 aliphatic heterocycles. The van der Waals surface area contributed by atoms with E-state index in [1.165, 1.54) is 12.3 Å². The largest absolute Gasteiger partial charge is 0.266 e. The van der Waals surface area contributed by atoms with Crippen LogP contribution in [-0.4, -0.2) is 24.7 Å². The first-order valence-corrected chi connectivity index (χ1v) is 7.01. The van der Waals surface area contributed by atoms with Crippen molar-refractivity contribution in [1.29, 1.82) is 0 Å². The van der Waals surface area contributed by atoms with Crippen molar-refractivity contribution in [2.75, 3.05) is 0 Å². The average molecular weight is 243 g/mol. The molecule has 0 saturated heterocycles. The maximum atomic E-state index is 11.9. The Balaban J connectivity index is 2.11. The fraction of sp³-hybridized carbons (Fsp3) is 0.700. The lowest BCUT2D eigenvalue weighted by atomic mass is 9.98. The van der Waals surface area contributed by atoms with Gasteiger partial charge in [-0.15, -0.1) is 0 Å². The van der Waals surface area contributed by atoms with Crippen molar-refractivity contribution >= 4 is 10.0 Å². The van der Waals surface area contributed by atoms with Gasteiger partial charge in [-0.05, 0) is 30.7 Å². The maximum Gasteiger partial charge on any atom is 0.257 e. The molecule has 1 aliphatic carbocycles. The van der Waals surface area contributed by atoms with Crippen LogP contribution >= 0.6 is 0 Å². The van der Waals surface area contributed by atoms with Gasteiger partial charge < -0.3 is 0 Å². The lowest BCUT2D eigenvalue weighted by molar-refractivity contribution is 0.402. The third-order valence-electron chi connectivity index (χ3n) is 3.54. The highest BCUT2D eigenvalue weighted by Gasteiger charge is 2.33. The highest BCUT2D eigenvalue weighted by atomic mass is 32.2. The molecule has 1 aromatic rings. The fourth-order valence-corrected chi connectivity index (χ4v) is 3.46. The van der Waals surface area contributed by atoms with E-state index in [1.54, 1.807) is 0 Å². The number of nitrogens with zero attached hydrogens (tertiary/aromatic N) is 1. The molecule has 5 nitrogen and oxygen atoms in total. The molecule has 0 aromatic carbocycles. The number of nitrogens with one attached hydrogen (secondary N) is 2. The summed E-state index contributed by atoms with van der Waals surface area (Å²) in [6, 6.07) is 1.51. The predicted octanol–water partition coefficient (Wildman–Crippen LogP) is 1.12. The molecule has 16 heavy (non-hydrogen) atoms. The Hall–Kier alpha value is -0.880. The summed E-state index contributed by atoms with van der Waals surface area (Å²) >= 11 is 0. The summed E-state index contributed by atoms with van der Waals surface area (Å²) in [5.41, 5.74) is 0. The van der Waals surface area contributed by atoms with E-state index in [0.717, 1.165) is 12.8 Å². The molecule has 0 spiro atoms. The number of sulfonamides is 1. The first-order valence-electron chi connectivity index (χ1n) is 5.52. The molecule has 1 heterocycles.